The molecule has 1 aromatic carbocycles. The van der Waals surface area contributed by atoms with Crippen LogP contribution in [0.1, 0.15) is 10.4 Å². The lowest BCUT2D eigenvalue weighted by Crippen LogP contribution is -2.49. The van der Waals surface area contributed by atoms with Crippen molar-refractivity contribution in [2.45, 2.75) is 0 Å². The van der Waals surface area contributed by atoms with Crippen LogP contribution in [0.15, 0.2) is 47.7 Å². The maximum atomic E-state index is 12.6. The van der Waals surface area contributed by atoms with E-state index in [0.717, 1.165) is 22.4 Å². The van der Waals surface area contributed by atoms with Gasteiger partial charge in [0.15, 0.2) is 0 Å². The Bertz CT molecular complexity index is 1070. The number of nitrogens with one attached hydrogen (secondary N) is 1. The molecule has 0 atom stereocenters. The summed E-state index contributed by atoms with van der Waals surface area (Å²) in [5.74, 6) is 0.660. The average molecular weight is 378 g/mol. The second-order valence-electron chi connectivity index (χ2n) is 6.99. The van der Waals surface area contributed by atoms with Crippen molar-refractivity contribution in [1.82, 2.24) is 19.9 Å². The molecular formula is C20H22N6O2. The third-order valence-electron chi connectivity index (χ3n) is 5.00. The zero-order valence-electron chi connectivity index (χ0n) is 15.9. The molecule has 3 aromatic rings. The third kappa shape index (κ3) is 3.28. The van der Waals surface area contributed by atoms with Gasteiger partial charge in [0.05, 0.1) is 5.52 Å². The number of carbonyl (C=O) groups excluding carboxylic acids is 1. The van der Waals surface area contributed by atoms with Crippen molar-refractivity contribution in [2.75, 3.05) is 50.1 Å². The number of hydrogen-bond acceptors (Lipinski definition) is 6. The largest absolute Gasteiger partial charge is 0.368 e. The van der Waals surface area contributed by atoms with Crippen LogP contribution in [0.25, 0.3) is 10.9 Å². The summed E-state index contributed by atoms with van der Waals surface area (Å²) in [4.78, 5) is 41.7. The molecule has 28 heavy (non-hydrogen) atoms. The zero-order chi connectivity index (χ0) is 19.7. The molecule has 144 valence electrons. The molecule has 1 saturated heterocycles. The fourth-order valence-corrected chi connectivity index (χ4v) is 3.51. The highest BCUT2D eigenvalue weighted by Gasteiger charge is 2.24. The van der Waals surface area contributed by atoms with Gasteiger partial charge in [-0.3, -0.25) is 9.59 Å². The van der Waals surface area contributed by atoms with E-state index < -0.39 is 0 Å². The van der Waals surface area contributed by atoms with Gasteiger partial charge < -0.3 is 19.7 Å². The first kappa shape index (κ1) is 18.0. The Morgan fingerprint density at radius 3 is 2.61 bits per heavy atom. The van der Waals surface area contributed by atoms with Crippen LogP contribution >= 0.6 is 0 Å². The van der Waals surface area contributed by atoms with Crippen LogP contribution < -0.4 is 15.4 Å². The summed E-state index contributed by atoms with van der Waals surface area (Å²) in [5, 5.41) is 0.999. The van der Waals surface area contributed by atoms with Crippen molar-refractivity contribution in [2.24, 2.45) is 0 Å². The molecule has 0 unspecified atom stereocenters. The first-order valence-corrected chi connectivity index (χ1v) is 9.18. The van der Waals surface area contributed by atoms with E-state index in [1.54, 1.807) is 23.4 Å². The minimum Gasteiger partial charge on any atom is -0.368 e. The number of benzene rings is 1. The molecule has 1 N–H and O–H groups in total. The summed E-state index contributed by atoms with van der Waals surface area (Å²) in [6, 6.07) is 9.39. The number of anilines is 2. The van der Waals surface area contributed by atoms with Crippen LogP contribution in [-0.2, 0) is 0 Å². The minimum atomic E-state index is -0.347. The molecule has 1 fully saturated rings. The molecular weight excluding hydrogens is 356 g/mol. The Kier molecular flexibility index (Phi) is 4.68. The molecule has 0 bridgehead atoms. The van der Waals surface area contributed by atoms with E-state index in [1.807, 2.05) is 31.1 Å². The number of pyridine rings is 1. The van der Waals surface area contributed by atoms with E-state index in [2.05, 4.69) is 25.9 Å². The fourth-order valence-electron chi connectivity index (χ4n) is 3.51. The minimum absolute atomic E-state index is 0.189. The van der Waals surface area contributed by atoms with Gasteiger partial charge in [0, 0.05) is 57.5 Å². The molecule has 1 aliphatic rings. The van der Waals surface area contributed by atoms with E-state index in [9.17, 15) is 9.59 Å². The van der Waals surface area contributed by atoms with Gasteiger partial charge in [0.2, 0.25) is 0 Å². The summed E-state index contributed by atoms with van der Waals surface area (Å²) in [7, 11) is 3.92. The number of nitrogens with zero attached hydrogens (tertiary/aromatic N) is 5. The molecule has 0 radical (unpaired) electrons. The van der Waals surface area contributed by atoms with Crippen molar-refractivity contribution in [1.29, 1.82) is 0 Å². The monoisotopic (exact) mass is 378 g/mol. The highest BCUT2D eigenvalue weighted by atomic mass is 16.2. The van der Waals surface area contributed by atoms with Gasteiger partial charge in [0.1, 0.15) is 17.7 Å². The number of piperazine rings is 1. The van der Waals surface area contributed by atoms with Crippen LogP contribution in [0.4, 0.5) is 11.5 Å². The first-order valence-electron chi connectivity index (χ1n) is 9.18. The lowest BCUT2D eigenvalue weighted by molar-refractivity contribution is 0.0745. The molecule has 0 saturated carbocycles. The predicted molar refractivity (Wildman–Crippen MR) is 109 cm³/mol. The average Bonchev–Trinajstić information content (AvgIpc) is 2.73. The lowest BCUT2D eigenvalue weighted by Gasteiger charge is -2.36. The third-order valence-corrected chi connectivity index (χ3v) is 5.00. The number of aromatic amines is 1. The summed E-state index contributed by atoms with van der Waals surface area (Å²) in [6.07, 6.45) is 3.11. The molecule has 1 amide bonds. The molecule has 1 aliphatic heterocycles. The maximum absolute atomic E-state index is 12.6. The Hall–Kier alpha value is -3.42. The summed E-state index contributed by atoms with van der Waals surface area (Å²) in [5.41, 5.74) is 1.82. The maximum Gasteiger partial charge on any atom is 0.260 e. The SMILES string of the molecule is CN(C)c1ncnc2ccc(N3CCN(C(=O)c4ccc[nH]c4=O)CC3)cc12. The van der Waals surface area contributed by atoms with Crippen molar-refractivity contribution >= 4 is 28.3 Å². The summed E-state index contributed by atoms with van der Waals surface area (Å²) < 4.78 is 0. The van der Waals surface area contributed by atoms with Crippen molar-refractivity contribution < 1.29 is 4.79 Å². The second-order valence-corrected chi connectivity index (χ2v) is 6.99. The quantitative estimate of drug-likeness (QED) is 0.740. The van der Waals surface area contributed by atoms with Gasteiger partial charge in [-0.25, -0.2) is 9.97 Å². The fraction of sp³-hybridized carbons (Fsp3) is 0.300. The van der Waals surface area contributed by atoms with Crippen LogP contribution in [0.2, 0.25) is 0 Å². The normalized spacial score (nSPS) is 14.4. The predicted octanol–water partition coefficient (Wildman–Crippen LogP) is 1.35. The Morgan fingerprint density at radius 1 is 1.11 bits per heavy atom. The second kappa shape index (κ2) is 7.30. The van der Waals surface area contributed by atoms with Gasteiger partial charge in [-0.15, -0.1) is 0 Å². The van der Waals surface area contributed by atoms with Gasteiger partial charge in [-0.2, -0.15) is 0 Å². The smallest absolute Gasteiger partial charge is 0.260 e. The van der Waals surface area contributed by atoms with Crippen LogP contribution in [-0.4, -0.2) is 66.0 Å². The molecule has 8 heteroatoms. The van der Waals surface area contributed by atoms with E-state index in [4.69, 9.17) is 0 Å². The molecule has 2 aromatic heterocycles. The number of H-pyrrole nitrogens is 1. The van der Waals surface area contributed by atoms with Crippen LogP contribution in [0.5, 0.6) is 0 Å². The summed E-state index contributed by atoms with van der Waals surface area (Å²) >= 11 is 0. The van der Waals surface area contributed by atoms with Crippen LogP contribution in [0.3, 0.4) is 0 Å². The van der Waals surface area contributed by atoms with Gasteiger partial charge in [-0.1, -0.05) is 0 Å². The molecule has 8 nitrogen and oxygen atoms in total. The Labute approximate surface area is 162 Å². The number of fused-ring (bicyclic) bond motifs is 1. The Morgan fingerprint density at radius 2 is 1.89 bits per heavy atom. The van der Waals surface area contributed by atoms with Gasteiger partial charge in [-0.05, 0) is 30.3 Å². The van der Waals surface area contributed by atoms with E-state index in [0.29, 0.717) is 26.2 Å². The Balaban J connectivity index is 1.52. The number of amides is 1. The molecule has 4 rings (SSSR count). The molecule has 3 heterocycles. The van der Waals surface area contributed by atoms with E-state index in [-0.39, 0.29) is 17.0 Å². The number of hydrogen-bond donors (Lipinski definition) is 1. The highest BCUT2D eigenvalue weighted by Crippen LogP contribution is 2.27. The number of rotatable bonds is 3. The van der Waals surface area contributed by atoms with Crippen molar-refractivity contribution in [3.63, 3.8) is 0 Å². The highest BCUT2D eigenvalue weighted by molar-refractivity contribution is 5.94. The molecule has 0 aliphatic carbocycles. The van der Waals surface area contributed by atoms with E-state index >= 15 is 0 Å². The van der Waals surface area contributed by atoms with Crippen molar-refractivity contribution in [3.05, 3.63) is 58.8 Å². The van der Waals surface area contributed by atoms with Gasteiger partial charge in [0.25, 0.3) is 11.5 Å². The topological polar surface area (TPSA) is 85.4 Å². The standard InChI is InChI=1S/C20H22N6O2/c1-24(2)18-16-12-14(5-6-17(16)22-13-23-18)25-8-10-26(11-9-25)20(28)15-4-3-7-21-19(15)27/h3-7,12-13H,8-11H2,1-2H3,(H,21,27). The van der Waals surface area contributed by atoms with Gasteiger partial charge >= 0.3 is 0 Å². The number of aromatic nitrogens is 3. The zero-order valence-corrected chi connectivity index (χ0v) is 15.9. The first-order chi connectivity index (χ1) is 13.5. The summed E-state index contributed by atoms with van der Waals surface area (Å²) in [6.45, 7) is 2.54. The van der Waals surface area contributed by atoms with Crippen LogP contribution in [0, 0.1) is 0 Å². The van der Waals surface area contributed by atoms with Crippen molar-refractivity contribution in [3.8, 4) is 0 Å². The van der Waals surface area contributed by atoms with E-state index in [1.165, 1.54) is 6.20 Å². The molecule has 0 spiro atoms. The lowest BCUT2D eigenvalue weighted by atomic mass is 10.1. The number of carbonyl (C=O) groups is 1.